The van der Waals surface area contributed by atoms with E-state index in [4.69, 9.17) is 20.9 Å². The summed E-state index contributed by atoms with van der Waals surface area (Å²) in [6, 6.07) is 9.81. The predicted molar refractivity (Wildman–Crippen MR) is 82.5 cm³/mol. The van der Waals surface area contributed by atoms with Gasteiger partial charge in [-0.05, 0) is 25.8 Å². The molecule has 1 unspecified atom stereocenters. The minimum Gasteiger partial charge on any atom is -0.380 e. The lowest BCUT2D eigenvalue weighted by Crippen LogP contribution is -2.38. The Hall–Kier alpha value is -1.43. The normalized spacial score (nSPS) is 13.1. The van der Waals surface area contributed by atoms with Crippen molar-refractivity contribution in [3.63, 3.8) is 0 Å². The van der Waals surface area contributed by atoms with Crippen molar-refractivity contribution in [1.29, 1.82) is 0 Å². The van der Waals surface area contributed by atoms with E-state index in [0.717, 1.165) is 5.56 Å². The first-order valence-electron chi connectivity index (χ1n) is 7.16. The van der Waals surface area contributed by atoms with E-state index < -0.39 is 0 Å². The molecule has 0 aliphatic rings. The molecule has 0 saturated heterocycles. The molecule has 4 N–H and O–H groups in total. The van der Waals surface area contributed by atoms with Crippen LogP contribution in [-0.4, -0.2) is 31.3 Å². The zero-order valence-corrected chi connectivity index (χ0v) is 12.9. The van der Waals surface area contributed by atoms with Gasteiger partial charge < -0.3 is 20.9 Å². The van der Waals surface area contributed by atoms with E-state index >= 15 is 0 Å². The van der Waals surface area contributed by atoms with Gasteiger partial charge >= 0.3 is 0 Å². The van der Waals surface area contributed by atoms with Crippen molar-refractivity contribution in [3.05, 3.63) is 35.9 Å². The highest BCUT2D eigenvalue weighted by Crippen LogP contribution is 2.08. The standard InChI is InChI=1S/C16H26N2O3/c1-16(2,18)12-20-9-8-14(15(17)19)11-21-10-13-6-4-3-5-7-13/h3-7,14H,8-12,18H2,1-2H3,(H2,17,19). The van der Waals surface area contributed by atoms with E-state index in [1.165, 1.54) is 0 Å². The summed E-state index contributed by atoms with van der Waals surface area (Å²) in [6.07, 6.45) is 0.542. The van der Waals surface area contributed by atoms with Gasteiger partial charge in [-0.3, -0.25) is 4.79 Å². The van der Waals surface area contributed by atoms with Gasteiger partial charge in [-0.25, -0.2) is 0 Å². The molecule has 0 heterocycles. The van der Waals surface area contributed by atoms with Gasteiger partial charge in [0.15, 0.2) is 0 Å². The van der Waals surface area contributed by atoms with Crippen molar-refractivity contribution in [2.24, 2.45) is 17.4 Å². The maximum absolute atomic E-state index is 11.4. The Morgan fingerprint density at radius 3 is 2.48 bits per heavy atom. The summed E-state index contributed by atoms with van der Waals surface area (Å²) in [5.41, 5.74) is 11.9. The van der Waals surface area contributed by atoms with Crippen LogP contribution < -0.4 is 11.5 Å². The number of benzene rings is 1. The van der Waals surface area contributed by atoms with Crippen LogP contribution in [0.4, 0.5) is 0 Å². The third-order valence-corrected chi connectivity index (χ3v) is 2.92. The van der Waals surface area contributed by atoms with Crippen molar-refractivity contribution < 1.29 is 14.3 Å². The van der Waals surface area contributed by atoms with Crippen LogP contribution in [0.2, 0.25) is 0 Å². The van der Waals surface area contributed by atoms with Gasteiger partial charge in [-0.2, -0.15) is 0 Å². The molecule has 5 nitrogen and oxygen atoms in total. The van der Waals surface area contributed by atoms with Crippen LogP contribution in [0.1, 0.15) is 25.8 Å². The van der Waals surface area contributed by atoms with Gasteiger partial charge in [0.2, 0.25) is 5.91 Å². The van der Waals surface area contributed by atoms with E-state index in [2.05, 4.69) is 0 Å². The van der Waals surface area contributed by atoms with Gasteiger partial charge in [0.05, 0.1) is 25.7 Å². The van der Waals surface area contributed by atoms with Gasteiger partial charge in [0.25, 0.3) is 0 Å². The topological polar surface area (TPSA) is 87.6 Å². The number of hydrogen-bond donors (Lipinski definition) is 2. The fourth-order valence-corrected chi connectivity index (χ4v) is 1.76. The fraction of sp³-hybridized carbons (Fsp3) is 0.562. The van der Waals surface area contributed by atoms with Crippen LogP contribution in [0.5, 0.6) is 0 Å². The van der Waals surface area contributed by atoms with Crippen LogP contribution >= 0.6 is 0 Å². The molecule has 21 heavy (non-hydrogen) atoms. The largest absolute Gasteiger partial charge is 0.380 e. The molecule has 1 atom stereocenters. The molecule has 118 valence electrons. The molecular formula is C16H26N2O3. The lowest BCUT2D eigenvalue weighted by atomic mass is 10.1. The van der Waals surface area contributed by atoms with Crippen LogP contribution in [0.15, 0.2) is 30.3 Å². The summed E-state index contributed by atoms with van der Waals surface area (Å²) in [5, 5.41) is 0. The summed E-state index contributed by atoms with van der Waals surface area (Å²) in [7, 11) is 0. The molecule has 1 amide bonds. The molecule has 5 heteroatoms. The first-order chi connectivity index (χ1) is 9.88. The number of amides is 1. The lowest BCUT2D eigenvalue weighted by Gasteiger charge is -2.19. The smallest absolute Gasteiger partial charge is 0.222 e. The molecular weight excluding hydrogens is 268 g/mol. The molecule has 0 radical (unpaired) electrons. The quantitative estimate of drug-likeness (QED) is 0.639. The Labute approximate surface area is 126 Å². The lowest BCUT2D eigenvalue weighted by molar-refractivity contribution is -0.124. The Morgan fingerprint density at radius 1 is 1.24 bits per heavy atom. The predicted octanol–water partition coefficient (Wildman–Crippen LogP) is 1.45. The van der Waals surface area contributed by atoms with Crippen molar-refractivity contribution in [2.75, 3.05) is 19.8 Å². The van der Waals surface area contributed by atoms with Crippen molar-refractivity contribution in [2.45, 2.75) is 32.4 Å². The number of carbonyl (C=O) groups excluding carboxylic acids is 1. The van der Waals surface area contributed by atoms with Gasteiger partial charge in [-0.15, -0.1) is 0 Å². The highest BCUT2D eigenvalue weighted by atomic mass is 16.5. The Kier molecular flexibility index (Phi) is 7.36. The maximum atomic E-state index is 11.4. The van der Waals surface area contributed by atoms with Crippen LogP contribution in [0.3, 0.4) is 0 Å². The van der Waals surface area contributed by atoms with Crippen LogP contribution in [0.25, 0.3) is 0 Å². The molecule has 0 aliphatic carbocycles. The van der Waals surface area contributed by atoms with Crippen LogP contribution in [-0.2, 0) is 20.9 Å². The van der Waals surface area contributed by atoms with Crippen molar-refractivity contribution >= 4 is 5.91 Å². The number of carbonyl (C=O) groups is 1. The molecule has 0 saturated carbocycles. The Bertz CT molecular complexity index is 415. The Balaban J connectivity index is 2.25. The SMILES string of the molecule is CC(C)(N)COCCC(COCc1ccccc1)C(N)=O. The number of primary amides is 1. The zero-order valence-electron chi connectivity index (χ0n) is 12.9. The maximum Gasteiger partial charge on any atom is 0.222 e. The third kappa shape index (κ3) is 8.45. The number of hydrogen-bond acceptors (Lipinski definition) is 4. The molecule has 1 rings (SSSR count). The van der Waals surface area contributed by atoms with Crippen molar-refractivity contribution in [3.8, 4) is 0 Å². The number of nitrogens with two attached hydrogens (primary N) is 2. The zero-order chi connectivity index (χ0) is 15.7. The minimum absolute atomic E-state index is 0.305. The second-order valence-corrected chi connectivity index (χ2v) is 5.93. The molecule has 1 aromatic carbocycles. The number of ether oxygens (including phenoxy) is 2. The first-order valence-corrected chi connectivity index (χ1v) is 7.16. The minimum atomic E-state index is -0.369. The molecule has 0 aromatic heterocycles. The summed E-state index contributed by atoms with van der Waals surface area (Å²) >= 11 is 0. The highest BCUT2D eigenvalue weighted by molar-refractivity contribution is 5.76. The second kappa shape index (κ2) is 8.77. The highest BCUT2D eigenvalue weighted by Gasteiger charge is 2.17. The molecule has 0 spiro atoms. The fourth-order valence-electron chi connectivity index (χ4n) is 1.76. The number of rotatable bonds is 10. The summed E-state index contributed by atoms with van der Waals surface area (Å²) in [5.74, 6) is -0.701. The molecule has 0 bridgehead atoms. The Morgan fingerprint density at radius 2 is 1.90 bits per heavy atom. The van der Waals surface area contributed by atoms with E-state index in [9.17, 15) is 4.79 Å². The molecule has 0 aliphatic heterocycles. The average molecular weight is 294 g/mol. The average Bonchev–Trinajstić information content (AvgIpc) is 2.41. The van der Waals surface area contributed by atoms with E-state index in [-0.39, 0.29) is 17.4 Å². The summed E-state index contributed by atoms with van der Waals surface area (Å²) in [6.45, 7) is 5.45. The van der Waals surface area contributed by atoms with Crippen molar-refractivity contribution in [1.82, 2.24) is 0 Å². The summed E-state index contributed by atoms with van der Waals surface area (Å²) in [4.78, 5) is 11.4. The third-order valence-electron chi connectivity index (χ3n) is 2.92. The summed E-state index contributed by atoms with van der Waals surface area (Å²) < 4.78 is 11.0. The van der Waals surface area contributed by atoms with Crippen LogP contribution in [0, 0.1) is 5.92 Å². The molecule has 0 fully saturated rings. The van der Waals surface area contributed by atoms with Gasteiger partial charge in [-0.1, -0.05) is 30.3 Å². The molecule has 1 aromatic rings. The van der Waals surface area contributed by atoms with E-state index in [1.54, 1.807) is 0 Å². The van der Waals surface area contributed by atoms with Gasteiger partial charge in [0, 0.05) is 12.1 Å². The second-order valence-electron chi connectivity index (χ2n) is 5.93. The van der Waals surface area contributed by atoms with E-state index in [1.807, 2.05) is 44.2 Å². The van der Waals surface area contributed by atoms with E-state index in [0.29, 0.717) is 32.8 Å². The first kappa shape index (κ1) is 17.6. The van der Waals surface area contributed by atoms with Gasteiger partial charge in [0.1, 0.15) is 0 Å². The monoisotopic (exact) mass is 294 g/mol.